The molecule has 0 spiro atoms. The zero-order chi connectivity index (χ0) is 15.0. The van der Waals surface area contributed by atoms with Crippen LogP contribution in [-0.2, 0) is 11.8 Å². The van der Waals surface area contributed by atoms with Gasteiger partial charge in [-0.1, -0.05) is 24.3 Å². The molecule has 0 radical (unpaired) electrons. The molecule has 0 unspecified atom stereocenters. The van der Waals surface area contributed by atoms with Crippen LogP contribution in [0.15, 0.2) is 47.3 Å². The van der Waals surface area contributed by atoms with Gasteiger partial charge in [0.15, 0.2) is 0 Å². The Balaban J connectivity index is 2.53. The lowest BCUT2D eigenvalue weighted by Gasteiger charge is -2.12. The Kier molecular flexibility index (Phi) is 3.22. The largest absolute Gasteiger partial charge is 0.462 e. The van der Waals surface area contributed by atoms with Crippen molar-refractivity contribution in [3.8, 4) is 0 Å². The topological polar surface area (TPSA) is 48.3 Å². The standard InChI is InChI=1S/C17H15NO3/c1-3-21-17(20)13-9-6-10-14-15(13)11-7-4-5-8-12(11)16(19)18(14)2/h4-10H,3H2,1-2H3. The molecule has 0 bridgehead atoms. The van der Waals surface area contributed by atoms with Crippen LogP contribution >= 0.6 is 0 Å². The summed E-state index contributed by atoms with van der Waals surface area (Å²) in [7, 11) is 1.71. The zero-order valence-electron chi connectivity index (χ0n) is 11.9. The smallest absolute Gasteiger partial charge is 0.338 e. The van der Waals surface area contributed by atoms with Crippen LogP contribution in [0.25, 0.3) is 21.7 Å². The first-order valence-electron chi connectivity index (χ1n) is 6.82. The van der Waals surface area contributed by atoms with Gasteiger partial charge in [-0.3, -0.25) is 4.79 Å². The molecule has 0 aliphatic heterocycles. The maximum atomic E-state index is 12.4. The minimum atomic E-state index is -0.369. The number of nitrogens with zero attached hydrogens (tertiary/aromatic N) is 1. The normalized spacial score (nSPS) is 11.0. The summed E-state index contributed by atoms with van der Waals surface area (Å²) in [5, 5.41) is 2.14. The van der Waals surface area contributed by atoms with E-state index < -0.39 is 0 Å². The number of carbonyl (C=O) groups excluding carboxylic acids is 1. The van der Waals surface area contributed by atoms with E-state index in [1.54, 1.807) is 36.7 Å². The number of rotatable bonds is 2. The van der Waals surface area contributed by atoms with Crippen molar-refractivity contribution in [1.29, 1.82) is 0 Å². The molecule has 0 aliphatic carbocycles. The SMILES string of the molecule is CCOC(=O)c1cccc2c1c1ccccc1c(=O)n2C. The lowest BCUT2D eigenvalue weighted by Crippen LogP contribution is -2.18. The molecule has 1 aromatic heterocycles. The number of carbonyl (C=O) groups is 1. The number of hydrogen-bond donors (Lipinski definition) is 0. The molecule has 4 heteroatoms. The van der Waals surface area contributed by atoms with Gasteiger partial charge in [-0.25, -0.2) is 4.79 Å². The van der Waals surface area contributed by atoms with Crippen LogP contribution in [-0.4, -0.2) is 17.1 Å². The fraction of sp³-hybridized carbons (Fsp3) is 0.176. The van der Waals surface area contributed by atoms with Crippen LogP contribution in [0.4, 0.5) is 0 Å². The lowest BCUT2D eigenvalue weighted by molar-refractivity contribution is 0.0529. The number of pyridine rings is 1. The van der Waals surface area contributed by atoms with E-state index in [1.165, 1.54) is 0 Å². The number of aromatic nitrogens is 1. The molecule has 1 heterocycles. The van der Waals surface area contributed by atoms with Crippen LogP contribution in [0.1, 0.15) is 17.3 Å². The molecule has 0 N–H and O–H groups in total. The lowest BCUT2D eigenvalue weighted by atomic mass is 10.0. The number of ether oxygens (including phenoxy) is 1. The summed E-state index contributed by atoms with van der Waals surface area (Å²) in [6.45, 7) is 2.09. The van der Waals surface area contributed by atoms with Crippen molar-refractivity contribution in [3.05, 3.63) is 58.4 Å². The number of benzene rings is 2. The summed E-state index contributed by atoms with van der Waals surface area (Å²) in [6, 6.07) is 12.7. The predicted octanol–water partition coefficient (Wildman–Crippen LogP) is 2.87. The molecule has 4 nitrogen and oxygen atoms in total. The van der Waals surface area contributed by atoms with Crippen molar-refractivity contribution in [2.45, 2.75) is 6.92 Å². The average molecular weight is 281 g/mol. The molecule has 3 aromatic rings. The Hall–Kier alpha value is -2.62. The first kappa shape index (κ1) is 13.4. The van der Waals surface area contributed by atoms with Crippen LogP contribution in [0.5, 0.6) is 0 Å². The van der Waals surface area contributed by atoms with Gasteiger partial charge in [-0.05, 0) is 30.5 Å². The molecule has 0 amide bonds. The Morgan fingerprint density at radius 3 is 2.52 bits per heavy atom. The summed E-state index contributed by atoms with van der Waals surface area (Å²) < 4.78 is 6.70. The van der Waals surface area contributed by atoms with E-state index in [2.05, 4.69) is 0 Å². The third-order valence-electron chi connectivity index (χ3n) is 3.63. The van der Waals surface area contributed by atoms with E-state index in [4.69, 9.17) is 4.74 Å². The Morgan fingerprint density at radius 1 is 1.10 bits per heavy atom. The molecular weight excluding hydrogens is 266 g/mol. The molecule has 0 aliphatic rings. The number of fused-ring (bicyclic) bond motifs is 3. The average Bonchev–Trinajstić information content (AvgIpc) is 2.52. The molecule has 0 atom stereocenters. The van der Waals surface area contributed by atoms with E-state index in [0.29, 0.717) is 17.6 Å². The van der Waals surface area contributed by atoms with Crippen molar-refractivity contribution >= 4 is 27.6 Å². The van der Waals surface area contributed by atoms with Crippen LogP contribution in [0, 0.1) is 0 Å². The Labute approximate surface area is 121 Å². The zero-order valence-corrected chi connectivity index (χ0v) is 11.9. The monoisotopic (exact) mass is 281 g/mol. The summed E-state index contributed by atoms with van der Waals surface area (Å²) in [6.07, 6.45) is 0. The first-order valence-corrected chi connectivity index (χ1v) is 6.82. The van der Waals surface area contributed by atoms with E-state index in [9.17, 15) is 9.59 Å². The molecule has 21 heavy (non-hydrogen) atoms. The minimum Gasteiger partial charge on any atom is -0.462 e. The highest BCUT2D eigenvalue weighted by atomic mass is 16.5. The second-order valence-electron chi connectivity index (χ2n) is 4.83. The third-order valence-corrected chi connectivity index (χ3v) is 3.63. The fourth-order valence-corrected chi connectivity index (χ4v) is 2.66. The van der Waals surface area contributed by atoms with Crippen molar-refractivity contribution in [2.24, 2.45) is 7.05 Å². The van der Waals surface area contributed by atoms with Gasteiger partial charge in [-0.2, -0.15) is 0 Å². The van der Waals surface area contributed by atoms with Crippen molar-refractivity contribution in [2.75, 3.05) is 6.61 Å². The number of aryl methyl sites for hydroxylation is 1. The maximum absolute atomic E-state index is 12.4. The number of hydrogen-bond acceptors (Lipinski definition) is 3. The second kappa shape index (κ2) is 5.05. The van der Waals surface area contributed by atoms with E-state index >= 15 is 0 Å². The molecule has 0 fully saturated rings. The van der Waals surface area contributed by atoms with Crippen LogP contribution in [0.3, 0.4) is 0 Å². The van der Waals surface area contributed by atoms with Crippen molar-refractivity contribution in [1.82, 2.24) is 4.57 Å². The Morgan fingerprint density at radius 2 is 1.81 bits per heavy atom. The van der Waals surface area contributed by atoms with Gasteiger partial charge < -0.3 is 9.30 Å². The van der Waals surface area contributed by atoms with Crippen LogP contribution < -0.4 is 5.56 Å². The molecule has 0 saturated heterocycles. The predicted molar refractivity (Wildman–Crippen MR) is 82.7 cm³/mol. The van der Waals surface area contributed by atoms with E-state index in [0.717, 1.165) is 16.3 Å². The van der Waals surface area contributed by atoms with E-state index in [1.807, 2.05) is 24.3 Å². The highest BCUT2D eigenvalue weighted by Crippen LogP contribution is 2.26. The van der Waals surface area contributed by atoms with Gasteiger partial charge in [0.05, 0.1) is 17.7 Å². The summed E-state index contributed by atoms with van der Waals surface area (Å²) >= 11 is 0. The van der Waals surface area contributed by atoms with Crippen molar-refractivity contribution in [3.63, 3.8) is 0 Å². The molecule has 2 aromatic carbocycles. The van der Waals surface area contributed by atoms with Crippen LogP contribution in [0.2, 0.25) is 0 Å². The Bertz CT molecular complexity index is 909. The maximum Gasteiger partial charge on any atom is 0.338 e. The summed E-state index contributed by atoms with van der Waals surface area (Å²) in [4.78, 5) is 24.6. The fourth-order valence-electron chi connectivity index (χ4n) is 2.66. The molecular formula is C17H15NO3. The highest BCUT2D eigenvalue weighted by Gasteiger charge is 2.16. The second-order valence-corrected chi connectivity index (χ2v) is 4.83. The van der Waals surface area contributed by atoms with Crippen molar-refractivity contribution < 1.29 is 9.53 Å². The quantitative estimate of drug-likeness (QED) is 0.536. The van der Waals surface area contributed by atoms with E-state index in [-0.39, 0.29) is 11.5 Å². The minimum absolute atomic E-state index is 0.0703. The van der Waals surface area contributed by atoms with Gasteiger partial charge in [0.1, 0.15) is 0 Å². The van der Waals surface area contributed by atoms with Gasteiger partial charge in [0.2, 0.25) is 0 Å². The summed E-state index contributed by atoms with van der Waals surface area (Å²) in [5.74, 6) is -0.369. The number of esters is 1. The van der Waals surface area contributed by atoms with Gasteiger partial charge >= 0.3 is 5.97 Å². The highest BCUT2D eigenvalue weighted by molar-refractivity contribution is 6.15. The van der Waals surface area contributed by atoms with Gasteiger partial charge in [0.25, 0.3) is 5.56 Å². The third kappa shape index (κ3) is 2.00. The summed E-state index contributed by atoms with van der Waals surface area (Å²) in [5.41, 5.74) is 1.14. The first-order chi connectivity index (χ1) is 10.1. The molecule has 0 saturated carbocycles. The van der Waals surface area contributed by atoms with Gasteiger partial charge in [0, 0.05) is 17.8 Å². The molecule has 106 valence electrons. The molecule has 3 rings (SSSR count). The van der Waals surface area contributed by atoms with Gasteiger partial charge in [-0.15, -0.1) is 0 Å².